The first-order valence-electron chi connectivity index (χ1n) is 22.6. The zero-order chi connectivity index (χ0) is 42.1. The van der Waals surface area contributed by atoms with Crippen molar-refractivity contribution < 1.29 is 65.4 Å². The molecule has 0 fully saturated rings. The fourth-order valence-electron chi connectivity index (χ4n) is 5.56. The summed E-state index contributed by atoms with van der Waals surface area (Å²) in [5.41, 5.74) is 0. The van der Waals surface area contributed by atoms with Crippen LogP contribution < -0.4 is 5.32 Å². The van der Waals surface area contributed by atoms with E-state index in [0.29, 0.717) is 164 Å². The molecule has 0 aliphatic carbocycles. The minimum absolute atomic E-state index is 0.0488. The van der Waals surface area contributed by atoms with Gasteiger partial charge >= 0.3 is 8.80 Å². The average molecular weight is 858 g/mol. The highest BCUT2D eigenvalue weighted by Gasteiger charge is 2.39. The molecule has 15 nitrogen and oxygen atoms in total. The van der Waals surface area contributed by atoms with Gasteiger partial charge in [-0.3, -0.25) is 4.79 Å². The number of carbonyl (C=O) groups is 1. The van der Waals surface area contributed by atoms with Gasteiger partial charge in [0.25, 0.3) is 0 Å². The Kier molecular flexibility index (Phi) is 48.1. The lowest BCUT2D eigenvalue weighted by Crippen LogP contribution is -2.46. The molecule has 58 heavy (non-hydrogen) atoms. The third-order valence-corrected chi connectivity index (χ3v) is 11.7. The van der Waals surface area contributed by atoms with Crippen molar-refractivity contribution in [2.75, 3.05) is 159 Å². The van der Waals surface area contributed by atoms with E-state index in [0.717, 1.165) is 19.4 Å². The van der Waals surface area contributed by atoms with Gasteiger partial charge in [-0.2, -0.15) is 0 Å². The smallest absolute Gasteiger partial charge is 0.379 e. The predicted molar refractivity (Wildman–Crippen MR) is 228 cm³/mol. The molecule has 16 heteroatoms. The number of hydrogen-bond donors (Lipinski definition) is 1. The predicted octanol–water partition coefficient (Wildman–Crippen LogP) is 6.02. The Morgan fingerprint density at radius 3 is 0.983 bits per heavy atom. The highest BCUT2D eigenvalue weighted by atomic mass is 28.4. The Morgan fingerprint density at radius 2 is 0.655 bits per heavy atom. The van der Waals surface area contributed by atoms with Crippen molar-refractivity contribution >= 4 is 14.7 Å². The van der Waals surface area contributed by atoms with Crippen LogP contribution in [-0.4, -0.2) is 173 Å². The highest BCUT2D eigenvalue weighted by Crippen LogP contribution is 2.18. The zero-order valence-corrected chi connectivity index (χ0v) is 38.4. The standard InChI is InChI=1S/C42H87NO14Si/c1-5-9-10-11-12-13-14-15-16-17-21-45-23-25-47-27-29-49-31-33-51-35-37-53-39-40-54-38-36-52-34-32-50-30-28-48-26-24-46-22-19-42(44)43-20-18-41-58(55-6-2,56-7-3)57-8-4/h5-41H2,1-4H3,(H,43,44). The molecule has 0 heterocycles. The van der Waals surface area contributed by atoms with E-state index in [2.05, 4.69) is 12.2 Å². The first-order chi connectivity index (χ1) is 28.6. The van der Waals surface area contributed by atoms with E-state index in [4.69, 9.17) is 60.6 Å². The summed E-state index contributed by atoms with van der Waals surface area (Å²) in [5, 5.41) is 2.92. The summed E-state index contributed by atoms with van der Waals surface area (Å²) in [6, 6.07) is 0.670. The molecule has 0 saturated heterocycles. The Bertz CT molecular complexity index is 790. The van der Waals surface area contributed by atoms with Crippen molar-refractivity contribution in [3.63, 3.8) is 0 Å². The molecule has 0 aliphatic heterocycles. The number of carbonyl (C=O) groups excluding carboxylic acids is 1. The minimum Gasteiger partial charge on any atom is -0.379 e. The van der Waals surface area contributed by atoms with Crippen molar-refractivity contribution in [1.82, 2.24) is 5.32 Å². The monoisotopic (exact) mass is 858 g/mol. The van der Waals surface area contributed by atoms with E-state index in [1.165, 1.54) is 57.8 Å². The van der Waals surface area contributed by atoms with Crippen LogP contribution >= 0.6 is 0 Å². The molecule has 348 valence electrons. The van der Waals surface area contributed by atoms with E-state index in [1.54, 1.807) is 0 Å². The normalized spacial score (nSPS) is 11.9. The summed E-state index contributed by atoms with van der Waals surface area (Å²) >= 11 is 0. The molecule has 0 spiro atoms. The van der Waals surface area contributed by atoms with Crippen LogP contribution in [0.5, 0.6) is 0 Å². The average Bonchev–Trinajstić information content (AvgIpc) is 3.22. The Morgan fingerprint density at radius 1 is 0.362 bits per heavy atom. The molecule has 1 amide bonds. The van der Waals surface area contributed by atoms with Crippen LogP contribution in [-0.2, 0) is 65.4 Å². The molecular formula is C42H87NO14Si. The summed E-state index contributed by atoms with van der Waals surface area (Å²) < 4.78 is 72.9. The molecule has 0 bridgehead atoms. The minimum atomic E-state index is -2.67. The van der Waals surface area contributed by atoms with Gasteiger partial charge in [0.05, 0.1) is 126 Å². The largest absolute Gasteiger partial charge is 0.500 e. The molecule has 0 aromatic heterocycles. The molecule has 0 aliphatic rings. The van der Waals surface area contributed by atoms with Crippen LogP contribution in [0.1, 0.15) is 105 Å². The second kappa shape index (κ2) is 48.8. The Hall–Kier alpha value is -0.833. The number of nitrogens with one attached hydrogen (secondary N) is 1. The van der Waals surface area contributed by atoms with Gasteiger partial charge in [-0.1, -0.05) is 64.7 Å². The summed E-state index contributed by atoms with van der Waals surface area (Å²) in [5.74, 6) is -0.0488. The number of rotatable bonds is 51. The quantitative estimate of drug-likeness (QED) is 0.0562. The maximum atomic E-state index is 12.1. The van der Waals surface area contributed by atoms with Crippen molar-refractivity contribution in [3.8, 4) is 0 Å². The topological polar surface area (TPSA) is 149 Å². The first kappa shape index (κ1) is 57.2. The summed E-state index contributed by atoms with van der Waals surface area (Å²) in [6.07, 6.45) is 14.4. The van der Waals surface area contributed by atoms with Gasteiger partial charge in [0, 0.05) is 45.4 Å². The fraction of sp³-hybridized carbons (Fsp3) is 0.976. The van der Waals surface area contributed by atoms with Gasteiger partial charge in [-0.05, 0) is 33.6 Å². The Balaban J connectivity index is 3.23. The third kappa shape index (κ3) is 43.3. The van der Waals surface area contributed by atoms with Gasteiger partial charge in [-0.25, -0.2) is 0 Å². The number of ether oxygens (including phenoxy) is 10. The lowest BCUT2D eigenvalue weighted by Gasteiger charge is -2.28. The SMILES string of the molecule is CCCCCCCCCCCCOCCOCCOCCOCCOCCOCCOCCOCCOCCOCCC(=O)NCCC[Si](OCC)(OCC)OCC. The van der Waals surface area contributed by atoms with Crippen molar-refractivity contribution in [2.24, 2.45) is 0 Å². The van der Waals surface area contributed by atoms with E-state index < -0.39 is 8.80 Å². The van der Waals surface area contributed by atoms with Gasteiger partial charge in [-0.15, -0.1) is 0 Å². The molecule has 1 N–H and O–H groups in total. The number of amides is 1. The first-order valence-corrected chi connectivity index (χ1v) is 24.5. The van der Waals surface area contributed by atoms with Gasteiger partial charge < -0.3 is 66.0 Å². The van der Waals surface area contributed by atoms with Crippen LogP contribution in [0.4, 0.5) is 0 Å². The fourth-order valence-corrected chi connectivity index (χ4v) is 8.17. The lowest BCUT2D eigenvalue weighted by molar-refractivity contribution is -0.122. The molecule has 0 radical (unpaired) electrons. The Labute approximate surface area is 354 Å². The number of unbranched alkanes of at least 4 members (excludes halogenated alkanes) is 9. The maximum absolute atomic E-state index is 12.1. The molecular weight excluding hydrogens is 771 g/mol. The molecule has 0 aromatic rings. The molecule has 0 unspecified atom stereocenters. The lowest BCUT2D eigenvalue weighted by atomic mass is 10.1. The third-order valence-electron chi connectivity index (χ3n) is 8.54. The summed E-state index contributed by atoms with van der Waals surface area (Å²) in [4.78, 5) is 12.1. The van der Waals surface area contributed by atoms with Crippen LogP contribution in [0.2, 0.25) is 6.04 Å². The summed E-state index contributed by atoms with van der Waals surface area (Å²) in [7, 11) is -2.67. The molecule has 0 rings (SSSR count). The van der Waals surface area contributed by atoms with Gasteiger partial charge in [0.1, 0.15) is 0 Å². The van der Waals surface area contributed by atoms with Crippen LogP contribution in [0.15, 0.2) is 0 Å². The number of hydrogen-bond acceptors (Lipinski definition) is 14. The maximum Gasteiger partial charge on any atom is 0.500 e. The zero-order valence-electron chi connectivity index (χ0n) is 37.4. The van der Waals surface area contributed by atoms with E-state index in [-0.39, 0.29) is 5.91 Å². The second-order valence-corrected chi connectivity index (χ2v) is 16.2. The molecule has 0 aromatic carbocycles. The van der Waals surface area contributed by atoms with Crippen molar-refractivity contribution in [1.29, 1.82) is 0 Å². The summed E-state index contributed by atoms with van der Waals surface area (Å²) in [6.45, 7) is 20.6. The molecule has 0 saturated carbocycles. The van der Waals surface area contributed by atoms with Crippen LogP contribution in [0.25, 0.3) is 0 Å². The second-order valence-electron chi connectivity index (χ2n) is 13.5. The van der Waals surface area contributed by atoms with Crippen molar-refractivity contribution in [3.05, 3.63) is 0 Å². The van der Waals surface area contributed by atoms with Crippen LogP contribution in [0.3, 0.4) is 0 Å². The van der Waals surface area contributed by atoms with Crippen molar-refractivity contribution in [2.45, 2.75) is 111 Å². The molecule has 0 atom stereocenters. The van der Waals surface area contributed by atoms with Crippen LogP contribution in [0, 0.1) is 0 Å². The van der Waals surface area contributed by atoms with E-state index in [1.807, 2.05) is 20.8 Å². The van der Waals surface area contributed by atoms with E-state index in [9.17, 15) is 4.79 Å². The van der Waals surface area contributed by atoms with Gasteiger partial charge in [0.15, 0.2) is 0 Å². The van der Waals surface area contributed by atoms with Gasteiger partial charge in [0.2, 0.25) is 5.91 Å². The highest BCUT2D eigenvalue weighted by molar-refractivity contribution is 6.60. The van der Waals surface area contributed by atoms with E-state index >= 15 is 0 Å².